The van der Waals surface area contributed by atoms with Gasteiger partial charge in [0.15, 0.2) is 0 Å². The lowest BCUT2D eigenvalue weighted by molar-refractivity contribution is -0.137. The minimum Gasteiger partial charge on any atom is -0.396 e. The van der Waals surface area contributed by atoms with Crippen LogP contribution in [-0.2, 0) is 11.0 Å². The van der Waals surface area contributed by atoms with Crippen molar-refractivity contribution in [2.24, 2.45) is 0 Å². The van der Waals surface area contributed by atoms with Crippen molar-refractivity contribution in [2.45, 2.75) is 11.2 Å². The number of thioether (sulfide) groups is 1. The monoisotopic (exact) mass is 395 g/mol. The molecule has 0 spiro atoms. The Balaban J connectivity index is 1.94. The molecule has 0 unspecified atom stereocenters. The fourth-order valence-electron chi connectivity index (χ4n) is 1.63. The molecule has 0 saturated carbocycles. The highest BCUT2D eigenvalue weighted by Crippen LogP contribution is 2.31. The van der Waals surface area contributed by atoms with Gasteiger partial charge in [0.2, 0.25) is 5.91 Å². The van der Waals surface area contributed by atoms with Gasteiger partial charge in [-0.3, -0.25) is 4.79 Å². The second kappa shape index (κ2) is 7.50. The number of nitrogens with two attached hydrogens (primary N) is 1. The van der Waals surface area contributed by atoms with Gasteiger partial charge >= 0.3 is 6.18 Å². The first kappa shape index (κ1) is 18.7. The molecule has 4 nitrogen and oxygen atoms in total. The number of rotatable bonds is 4. The largest absolute Gasteiger partial charge is 0.417 e. The fourth-order valence-corrected chi connectivity index (χ4v) is 2.76. The van der Waals surface area contributed by atoms with Gasteiger partial charge in [0, 0.05) is 11.9 Å². The van der Waals surface area contributed by atoms with Crippen LogP contribution in [0.5, 0.6) is 0 Å². The van der Waals surface area contributed by atoms with Crippen LogP contribution < -0.4 is 11.1 Å². The summed E-state index contributed by atoms with van der Waals surface area (Å²) < 4.78 is 37.3. The number of nitrogens with zero attached hydrogens (tertiary/aromatic N) is 1. The summed E-state index contributed by atoms with van der Waals surface area (Å²) in [5, 5.41) is 3.27. The van der Waals surface area contributed by atoms with Gasteiger partial charge in [0.05, 0.1) is 32.1 Å². The Morgan fingerprint density at radius 1 is 1.25 bits per heavy atom. The molecule has 10 heteroatoms. The highest BCUT2D eigenvalue weighted by atomic mass is 35.5. The third-order valence-electron chi connectivity index (χ3n) is 2.78. The van der Waals surface area contributed by atoms with Gasteiger partial charge in [-0.1, -0.05) is 35.0 Å². The molecule has 24 heavy (non-hydrogen) atoms. The molecule has 1 aromatic heterocycles. The number of hydrogen-bond donors (Lipinski definition) is 2. The first-order valence-electron chi connectivity index (χ1n) is 6.37. The number of carbonyl (C=O) groups is 1. The smallest absolute Gasteiger partial charge is 0.396 e. The molecule has 0 atom stereocenters. The first-order chi connectivity index (χ1) is 11.2. The lowest BCUT2D eigenvalue weighted by Gasteiger charge is -2.09. The molecule has 1 heterocycles. The van der Waals surface area contributed by atoms with Crippen LogP contribution in [0.3, 0.4) is 0 Å². The summed E-state index contributed by atoms with van der Waals surface area (Å²) in [5.41, 5.74) is 5.32. The molecule has 0 saturated heterocycles. The van der Waals surface area contributed by atoms with E-state index < -0.39 is 17.6 Å². The number of halogens is 5. The van der Waals surface area contributed by atoms with E-state index in [9.17, 15) is 18.0 Å². The van der Waals surface area contributed by atoms with E-state index in [1.165, 1.54) is 18.2 Å². The molecule has 0 aliphatic carbocycles. The number of aromatic nitrogens is 1. The third-order valence-corrected chi connectivity index (χ3v) is 4.35. The Hall–Kier alpha value is -1.64. The quantitative estimate of drug-likeness (QED) is 0.580. The average Bonchev–Trinajstić information content (AvgIpc) is 2.50. The minimum absolute atomic E-state index is 0.0437. The summed E-state index contributed by atoms with van der Waals surface area (Å²) in [7, 11) is 0. The lowest BCUT2D eigenvalue weighted by Crippen LogP contribution is -2.14. The molecule has 0 radical (unpaired) electrons. The van der Waals surface area contributed by atoms with Crippen molar-refractivity contribution < 1.29 is 18.0 Å². The van der Waals surface area contributed by atoms with Gasteiger partial charge < -0.3 is 11.1 Å². The lowest BCUT2D eigenvalue weighted by atomic mass is 10.3. The van der Waals surface area contributed by atoms with Gasteiger partial charge in [0.25, 0.3) is 0 Å². The summed E-state index contributed by atoms with van der Waals surface area (Å²) in [6, 6.07) is 5.01. The SMILES string of the molecule is Nc1c(Cl)cc(NC(=O)CSc2ccc(C(F)(F)F)cn2)cc1Cl. The normalized spacial score (nSPS) is 11.4. The third kappa shape index (κ3) is 4.93. The maximum Gasteiger partial charge on any atom is 0.417 e. The Bertz CT molecular complexity index is 731. The van der Waals surface area contributed by atoms with E-state index in [-0.39, 0.29) is 21.5 Å². The molecule has 2 aromatic rings. The molecule has 1 aromatic carbocycles. The van der Waals surface area contributed by atoms with Crippen molar-refractivity contribution >= 4 is 52.2 Å². The zero-order valence-corrected chi connectivity index (χ0v) is 14.2. The molecule has 0 bridgehead atoms. The number of carbonyl (C=O) groups excluding carboxylic acids is 1. The number of nitrogen functional groups attached to an aromatic ring is 1. The zero-order valence-electron chi connectivity index (χ0n) is 11.8. The van der Waals surface area contributed by atoms with Crippen LogP contribution in [0.1, 0.15) is 5.56 Å². The maximum atomic E-state index is 12.4. The van der Waals surface area contributed by atoms with Crippen molar-refractivity contribution in [3.8, 4) is 0 Å². The predicted octanol–water partition coefficient (Wildman–Crippen LogP) is 4.72. The molecule has 0 fully saturated rings. The van der Waals surface area contributed by atoms with Crippen LogP contribution in [0.25, 0.3) is 0 Å². The Labute approximate surface area is 149 Å². The molecule has 1 amide bonds. The summed E-state index contributed by atoms with van der Waals surface area (Å²) >= 11 is 12.7. The van der Waals surface area contributed by atoms with Crippen LogP contribution in [-0.4, -0.2) is 16.6 Å². The molecular formula is C14H10Cl2F3N3OS. The summed E-state index contributed by atoms with van der Waals surface area (Å²) in [6.45, 7) is 0. The highest BCUT2D eigenvalue weighted by Gasteiger charge is 2.30. The first-order valence-corrected chi connectivity index (χ1v) is 8.11. The van der Waals surface area contributed by atoms with Crippen LogP contribution in [0.2, 0.25) is 10.0 Å². The molecule has 0 aliphatic heterocycles. The van der Waals surface area contributed by atoms with Gasteiger partial charge in [-0.2, -0.15) is 13.2 Å². The second-order valence-corrected chi connectivity index (χ2v) is 6.38. The number of pyridine rings is 1. The molecule has 2 rings (SSSR count). The highest BCUT2D eigenvalue weighted by molar-refractivity contribution is 7.99. The van der Waals surface area contributed by atoms with Crippen LogP contribution in [0.4, 0.5) is 24.5 Å². The second-order valence-electron chi connectivity index (χ2n) is 4.57. The van der Waals surface area contributed by atoms with Crippen molar-refractivity contribution in [3.63, 3.8) is 0 Å². The van der Waals surface area contributed by atoms with E-state index >= 15 is 0 Å². The number of benzene rings is 1. The standard InChI is InChI=1S/C14H10Cl2F3N3OS/c15-9-3-8(4-10(16)13(9)20)22-11(23)6-24-12-2-1-7(5-21-12)14(17,18)19/h1-5H,6,20H2,(H,22,23). The summed E-state index contributed by atoms with van der Waals surface area (Å²) in [4.78, 5) is 15.5. The molecule has 0 aliphatic rings. The number of anilines is 2. The van der Waals surface area contributed by atoms with Gasteiger partial charge in [-0.05, 0) is 24.3 Å². The average molecular weight is 396 g/mol. The Morgan fingerprint density at radius 2 is 1.88 bits per heavy atom. The van der Waals surface area contributed by atoms with E-state index in [2.05, 4.69) is 10.3 Å². The van der Waals surface area contributed by atoms with E-state index in [0.29, 0.717) is 10.7 Å². The molecule has 3 N–H and O–H groups in total. The van der Waals surface area contributed by atoms with Crippen molar-refractivity contribution in [1.82, 2.24) is 4.98 Å². The van der Waals surface area contributed by atoms with E-state index in [4.69, 9.17) is 28.9 Å². The van der Waals surface area contributed by atoms with Crippen molar-refractivity contribution in [2.75, 3.05) is 16.8 Å². The minimum atomic E-state index is -4.44. The van der Waals surface area contributed by atoms with E-state index in [0.717, 1.165) is 24.0 Å². The molecule has 128 valence electrons. The predicted molar refractivity (Wildman–Crippen MR) is 89.5 cm³/mol. The number of hydrogen-bond acceptors (Lipinski definition) is 4. The van der Waals surface area contributed by atoms with E-state index in [1.807, 2.05) is 0 Å². The van der Waals surface area contributed by atoms with Gasteiger partial charge in [-0.15, -0.1) is 0 Å². The maximum absolute atomic E-state index is 12.4. The topological polar surface area (TPSA) is 68.0 Å². The van der Waals surface area contributed by atoms with Crippen LogP contribution in [0.15, 0.2) is 35.5 Å². The molecular weight excluding hydrogens is 386 g/mol. The summed E-state index contributed by atoms with van der Waals surface area (Å²) in [6.07, 6.45) is -3.72. The van der Waals surface area contributed by atoms with Crippen LogP contribution in [0, 0.1) is 0 Å². The number of nitrogens with one attached hydrogen (secondary N) is 1. The Kier molecular flexibility index (Phi) is 5.84. The van der Waals surface area contributed by atoms with Crippen molar-refractivity contribution in [1.29, 1.82) is 0 Å². The zero-order chi connectivity index (χ0) is 17.9. The summed E-state index contributed by atoms with van der Waals surface area (Å²) in [5.74, 6) is -0.434. The van der Waals surface area contributed by atoms with E-state index in [1.54, 1.807) is 0 Å². The van der Waals surface area contributed by atoms with Crippen molar-refractivity contribution in [3.05, 3.63) is 46.1 Å². The number of amides is 1. The Morgan fingerprint density at radius 3 is 2.38 bits per heavy atom. The van der Waals surface area contributed by atoms with Gasteiger partial charge in [0.1, 0.15) is 0 Å². The van der Waals surface area contributed by atoms with Gasteiger partial charge in [-0.25, -0.2) is 4.98 Å². The van der Waals surface area contributed by atoms with Crippen LogP contribution >= 0.6 is 35.0 Å². The fraction of sp³-hybridized carbons (Fsp3) is 0.143. The number of alkyl halides is 3.